The zero-order valence-corrected chi connectivity index (χ0v) is 9.48. The number of hydrogen-bond donors (Lipinski definition) is 1. The number of benzene rings is 1. The van der Waals surface area contributed by atoms with Crippen LogP contribution in [0.3, 0.4) is 0 Å². The number of hydrogen-bond acceptors (Lipinski definition) is 2. The molecule has 1 aromatic heterocycles. The first-order valence-corrected chi connectivity index (χ1v) is 5.52. The molecule has 0 aliphatic carbocycles. The van der Waals surface area contributed by atoms with Gasteiger partial charge in [0.05, 0.1) is 0 Å². The predicted molar refractivity (Wildman–Crippen MR) is 67.2 cm³/mol. The summed E-state index contributed by atoms with van der Waals surface area (Å²) in [7, 11) is 0. The highest BCUT2D eigenvalue weighted by Gasteiger charge is 2.06. The van der Waals surface area contributed by atoms with Gasteiger partial charge in [-0.3, -0.25) is 4.98 Å². The fourth-order valence-electron chi connectivity index (χ4n) is 2.02. The molecule has 0 spiro atoms. The van der Waals surface area contributed by atoms with Gasteiger partial charge in [0.15, 0.2) is 0 Å². The lowest BCUT2D eigenvalue weighted by atomic mass is 9.94. The lowest BCUT2D eigenvalue weighted by Crippen LogP contribution is -2.04. The standard InChI is InChI=1S/C14H16N2/c1-11-3-2-4-12(5-8-15)14(11)13-6-9-16-10-7-13/h2-4,6-7,9-10H,5,8,15H2,1H3. The fraction of sp³-hybridized carbons (Fsp3) is 0.214. The number of aromatic nitrogens is 1. The number of nitrogens with zero attached hydrogens (tertiary/aromatic N) is 1. The van der Waals surface area contributed by atoms with E-state index < -0.39 is 0 Å². The molecule has 0 bridgehead atoms. The first kappa shape index (κ1) is 10.8. The van der Waals surface area contributed by atoms with Gasteiger partial charge in [-0.15, -0.1) is 0 Å². The monoisotopic (exact) mass is 212 g/mol. The van der Waals surface area contributed by atoms with Crippen molar-refractivity contribution in [1.29, 1.82) is 0 Å². The Labute approximate surface area is 96.1 Å². The van der Waals surface area contributed by atoms with Crippen molar-refractivity contribution in [2.24, 2.45) is 5.73 Å². The van der Waals surface area contributed by atoms with Gasteiger partial charge in [-0.25, -0.2) is 0 Å². The van der Waals surface area contributed by atoms with Crippen LogP contribution in [0.1, 0.15) is 11.1 Å². The molecule has 1 aromatic carbocycles. The van der Waals surface area contributed by atoms with Crippen LogP contribution < -0.4 is 5.73 Å². The molecule has 2 nitrogen and oxygen atoms in total. The molecule has 0 saturated carbocycles. The largest absolute Gasteiger partial charge is 0.330 e. The van der Waals surface area contributed by atoms with Crippen molar-refractivity contribution in [2.45, 2.75) is 13.3 Å². The van der Waals surface area contributed by atoms with Crippen LogP contribution in [0.25, 0.3) is 11.1 Å². The van der Waals surface area contributed by atoms with Crippen LogP contribution in [-0.4, -0.2) is 11.5 Å². The Morgan fingerprint density at radius 2 is 1.88 bits per heavy atom. The number of pyridine rings is 1. The minimum absolute atomic E-state index is 0.682. The minimum atomic E-state index is 0.682. The van der Waals surface area contributed by atoms with Gasteiger partial charge in [-0.05, 0) is 54.3 Å². The van der Waals surface area contributed by atoms with E-state index in [0.29, 0.717) is 6.54 Å². The van der Waals surface area contributed by atoms with Crippen LogP contribution >= 0.6 is 0 Å². The van der Waals surface area contributed by atoms with E-state index in [9.17, 15) is 0 Å². The van der Waals surface area contributed by atoms with Crippen molar-refractivity contribution < 1.29 is 0 Å². The third kappa shape index (κ3) is 2.12. The maximum Gasteiger partial charge on any atom is 0.0273 e. The Morgan fingerprint density at radius 1 is 1.12 bits per heavy atom. The molecule has 0 unspecified atom stereocenters. The molecule has 0 aliphatic rings. The lowest BCUT2D eigenvalue weighted by Gasteiger charge is -2.12. The van der Waals surface area contributed by atoms with E-state index in [-0.39, 0.29) is 0 Å². The number of nitrogens with two attached hydrogens (primary N) is 1. The average molecular weight is 212 g/mol. The van der Waals surface area contributed by atoms with Gasteiger partial charge in [0, 0.05) is 12.4 Å². The normalized spacial score (nSPS) is 10.4. The Bertz CT molecular complexity index is 463. The average Bonchev–Trinajstić information content (AvgIpc) is 2.31. The van der Waals surface area contributed by atoms with Crippen molar-refractivity contribution in [2.75, 3.05) is 6.54 Å². The summed E-state index contributed by atoms with van der Waals surface area (Å²) < 4.78 is 0. The zero-order valence-electron chi connectivity index (χ0n) is 9.48. The third-order valence-electron chi connectivity index (χ3n) is 2.74. The van der Waals surface area contributed by atoms with Crippen LogP contribution in [0.15, 0.2) is 42.7 Å². The zero-order chi connectivity index (χ0) is 11.4. The Hall–Kier alpha value is -1.67. The number of aryl methyl sites for hydroxylation is 1. The van der Waals surface area contributed by atoms with Crippen molar-refractivity contribution >= 4 is 0 Å². The summed E-state index contributed by atoms with van der Waals surface area (Å²) in [6.07, 6.45) is 4.57. The molecule has 0 aliphatic heterocycles. The highest BCUT2D eigenvalue weighted by atomic mass is 14.6. The van der Waals surface area contributed by atoms with Crippen molar-refractivity contribution in [3.8, 4) is 11.1 Å². The predicted octanol–water partition coefficient (Wildman–Crippen LogP) is 2.56. The maximum absolute atomic E-state index is 5.65. The summed E-state index contributed by atoms with van der Waals surface area (Å²) in [5, 5.41) is 0. The molecule has 82 valence electrons. The van der Waals surface area contributed by atoms with Crippen LogP contribution in [0.4, 0.5) is 0 Å². The molecule has 2 heteroatoms. The molecule has 0 radical (unpaired) electrons. The van der Waals surface area contributed by atoms with Crippen LogP contribution in [-0.2, 0) is 6.42 Å². The molecular formula is C14H16N2. The lowest BCUT2D eigenvalue weighted by molar-refractivity contribution is 0.968. The summed E-state index contributed by atoms with van der Waals surface area (Å²) in [5.41, 5.74) is 10.8. The molecule has 2 N–H and O–H groups in total. The molecule has 2 aromatic rings. The molecule has 0 saturated heterocycles. The Morgan fingerprint density at radius 3 is 2.56 bits per heavy atom. The molecule has 1 heterocycles. The highest BCUT2D eigenvalue weighted by molar-refractivity contribution is 5.70. The second kappa shape index (κ2) is 4.90. The Kier molecular flexibility index (Phi) is 3.32. The van der Waals surface area contributed by atoms with Crippen LogP contribution in [0.5, 0.6) is 0 Å². The van der Waals surface area contributed by atoms with Gasteiger partial charge in [0.2, 0.25) is 0 Å². The van der Waals surface area contributed by atoms with Crippen LogP contribution in [0.2, 0.25) is 0 Å². The van der Waals surface area contributed by atoms with E-state index in [0.717, 1.165) is 6.42 Å². The molecule has 0 amide bonds. The second-order valence-corrected chi connectivity index (χ2v) is 3.88. The first-order chi connectivity index (χ1) is 7.83. The van der Waals surface area contributed by atoms with Gasteiger partial charge < -0.3 is 5.73 Å². The van der Waals surface area contributed by atoms with E-state index in [1.165, 1.54) is 22.3 Å². The third-order valence-corrected chi connectivity index (χ3v) is 2.74. The van der Waals surface area contributed by atoms with E-state index in [1.54, 1.807) is 0 Å². The fourth-order valence-corrected chi connectivity index (χ4v) is 2.02. The highest BCUT2D eigenvalue weighted by Crippen LogP contribution is 2.27. The van der Waals surface area contributed by atoms with Crippen LogP contribution in [0, 0.1) is 6.92 Å². The quantitative estimate of drug-likeness (QED) is 0.849. The topological polar surface area (TPSA) is 38.9 Å². The SMILES string of the molecule is Cc1cccc(CCN)c1-c1ccncc1. The molecule has 0 atom stereocenters. The maximum atomic E-state index is 5.65. The Balaban J connectivity index is 2.54. The van der Waals surface area contributed by atoms with Crippen molar-refractivity contribution in [1.82, 2.24) is 4.98 Å². The summed E-state index contributed by atoms with van der Waals surface area (Å²) in [5.74, 6) is 0. The summed E-state index contributed by atoms with van der Waals surface area (Å²) in [6.45, 7) is 2.82. The van der Waals surface area contributed by atoms with Gasteiger partial charge >= 0.3 is 0 Å². The first-order valence-electron chi connectivity index (χ1n) is 5.52. The van der Waals surface area contributed by atoms with Gasteiger partial charge in [0.25, 0.3) is 0 Å². The molecular weight excluding hydrogens is 196 g/mol. The van der Waals surface area contributed by atoms with Crippen molar-refractivity contribution in [3.63, 3.8) is 0 Å². The van der Waals surface area contributed by atoms with Crippen molar-refractivity contribution in [3.05, 3.63) is 53.9 Å². The summed E-state index contributed by atoms with van der Waals surface area (Å²) in [6, 6.07) is 10.5. The molecule has 0 fully saturated rings. The molecule has 2 rings (SSSR count). The smallest absolute Gasteiger partial charge is 0.0273 e. The summed E-state index contributed by atoms with van der Waals surface area (Å²) in [4.78, 5) is 4.05. The minimum Gasteiger partial charge on any atom is -0.330 e. The van der Waals surface area contributed by atoms with E-state index in [1.807, 2.05) is 24.5 Å². The van der Waals surface area contributed by atoms with Gasteiger partial charge in [-0.1, -0.05) is 18.2 Å². The second-order valence-electron chi connectivity index (χ2n) is 3.88. The van der Waals surface area contributed by atoms with E-state index in [2.05, 4.69) is 30.1 Å². The van der Waals surface area contributed by atoms with E-state index >= 15 is 0 Å². The number of rotatable bonds is 3. The van der Waals surface area contributed by atoms with Gasteiger partial charge in [-0.2, -0.15) is 0 Å². The van der Waals surface area contributed by atoms with Gasteiger partial charge in [0.1, 0.15) is 0 Å². The molecule has 16 heavy (non-hydrogen) atoms. The summed E-state index contributed by atoms with van der Waals surface area (Å²) >= 11 is 0. The van der Waals surface area contributed by atoms with E-state index in [4.69, 9.17) is 5.73 Å².